The average molecular weight is 321 g/mol. The Kier molecular flexibility index (Phi) is 4.10. The van der Waals surface area contributed by atoms with Gasteiger partial charge in [-0.25, -0.2) is 4.98 Å². The lowest BCUT2D eigenvalue weighted by molar-refractivity contribution is -0.137. The van der Waals surface area contributed by atoms with Gasteiger partial charge in [0.15, 0.2) is 12.2 Å². The number of dihydropyridines is 1. The molecule has 2 aromatic rings. The highest BCUT2D eigenvalue weighted by Crippen LogP contribution is 2.34. The Bertz CT molecular complexity index is 734. The van der Waals surface area contributed by atoms with E-state index in [1.54, 1.807) is 6.07 Å². The summed E-state index contributed by atoms with van der Waals surface area (Å²) in [5.74, 6) is 0.289. The minimum Gasteiger partial charge on any atom is -0.444 e. The lowest BCUT2D eigenvalue weighted by Gasteiger charge is -2.14. The van der Waals surface area contributed by atoms with E-state index >= 15 is 0 Å². The zero-order valence-corrected chi connectivity index (χ0v) is 12.0. The van der Waals surface area contributed by atoms with Crippen LogP contribution in [0.4, 0.5) is 18.9 Å². The minimum atomic E-state index is -4.43. The van der Waals surface area contributed by atoms with Crippen molar-refractivity contribution < 1.29 is 17.6 Å². The van der Waals surface area contributed by atoms with Gasteiger partial charge < -0.3 is 15.1 Å². The van der Waals surface area contributed by atoms with E-state index in [1.165, 1.54) is 12.6 Å². The van der Waals surface area contributed by atoms with Crippen molar-refractivity contribution in [1.29, 1.82) is 0 Å². The summed E-state index contributed by atoms with van der Waals surface area (Å²) < 4.78 is 44.3. The molecule has 4 nitrogen and oxygen atoms in total. The van der Waals surface area contributed by atoms with Gasteiger partial charge in [-0.15, -0.1) is 0 Å². The number of halogens is 3. The van der Waals surface area contributed by atoms with Gasteiger partial charge in [-0.1, -0.05) is 12.2 Å². The van der Waals surface area contributed by atoms with E-state index in [0.29, 0.717) is 17.8 Å². The predicted octanol–water partition coefficient (Wildman–Crippen LogP) is 3.82. The molecule has 0 unspecified atom stereocenters. The van der Waals surface area contributed by atoms with E-state index < -0.39 is 11.7 Å². The Hall–Kier alpha value is -2.70. The summed E-state index contributed by atoms with van der Waals surface area (Å²) in [4.78, 5) is 3.74. The van der Waals surface area contributed by atoms with Crippen LogP contribution in [0, 0.1) is 0 Å². The summed E-state index contributed by atoms with van der Waals surface area (Å²) in [7, 11) is 0. The molecule has 120 valence electrons. The molecule has 0 atom stereocenters. The summed E-state index contributed by atoms with van der Waals surface area (Å²) in [5.41, 5.74) is 0.910. The SMILES string of the molecule is FC(F)(F)c1cc(NCC2=CNCC=C2)cc(-c2cnco2)c1. The molecule has 7 heteroatoms. The first-order chi connectivity index (χ1) is 11.0. The topological polar surface area (TPSA) is 50.1 Å². The van der Waals surface area contributed by atoms with Gasteiger partial charge in [-0.3, -0.25) is 0 Å². The lowest BCUT2D eigenvalue weighted by Crippen LogP contribution is -2.14. The first kappa shape index (κ1) is 15.2. The highest BCUT2D eigenvalue weighted by Gasteiger charge is 2.31. The summed E-state index contributed by atoms with van der Waals surface area (Å²) in [6.07, 6.45) is 3.84. The minimum absolute atomic E-state index is 0.289. The number of aromatic nitrogens is 1. The van der Waals surface area contributed by atoms with Crippen LogP contribution < -0.4 is 10.6 Å². The van der Waals surface area contributed by atoms with Gasteiger partial charge in [0.1, 0.15) is 0 Å². The zero-order chi connectivity index (χ0) is 16.3. The van der Waals surface area contributed by atoms with E-state index in [2.05, 4.69) is 15.6 Å². The largest absolute Gasteiger partial charge is 0.444 e. The van der Waals surface area contributed by atoms with Crippen molar-refractivity contribution in [2.45, 2.75) is 6.18 Å². The number of nitrogens with zero attached hydrogens (tertiary/aromatic N) is 1. The molecule has 23 heavy (non-hydrogen) atoms. The third-order valence-corrected chi connectivity index (χ3v) is 3.33. The van der Waals surface area contributed by atoms with Crippen LogP contribution in [-0.2, 0) is 6.18 Å². The van der Waals surface area contributed by atoms with Gasteiger partial charge in [-0.2, -0.15) is 13.2 Å². The number of oxazole rings is 1. The normalized spacial score (nSPS) is 14.3. The number of nitrogens with one attached hydrogen (secondary N) is 2. The molecule has 0 fully saturated rings. The maximum atomic E-state index is 13.1. The van der Waals surface area contributed by atoms with Crippen LogP contribution in [0.1, 0.15) is 5.56 Å². The zero-order valence-electron chi connectivity index (χ0n) is 12.0. The summed E-state index contributed by atoms with van der Waals surface area (Å²) >= 11 is 0. The molecular weight excluding hydrogens is 307 g/mol. The van der Waals surface area contributed by atoms with Crippen LogP contribution in [0.3, 0.4) is 0 Å². The van der Waals surface area contributed by atoms with E-state index in [0.717, 1.165) is 24.3 Å². The van der Waals surface area contributed by atoms with Gasteiger partial charge in [-0.05, 0) is 23.8 Å². The van der Waals surface area contributed by atoms with Gasteiger partial charge >= 0.3 is 6.18 Å². The van der Waals surface area contributed by atoms with Crippen LogP contribution >= 0.6 is 0 Å². The quantitative estimate of drug-likeness (QED) is 0.899. The molecule has 0 saturated heterocycles. The Morgan fingerprint density at radius 3 is 2.78 bits per heavy atom. The monoisotopic (exact) mass is 321 g/mol. The van der Waals surface area contributed by atoms with Crippen LogP contribution in [0.15, 0.2) is 59.1 Å². The van der Waals surface area contributed by atoms with E-state index in [4.69, 9.17) is 4.42 Å². The standard InChI is InChI=1S/C16H14F3N3O/c17-16(18,19)13-4-12(15-9-21-10-23-15)5-14(6-13)22-8-11-2-1-3-20-7-11/h1-2,4-7,9-10,20,22H,3,8H2. The van der Waals surface area contributed by atoms with Crippen molar-refractivity contribution in [3.05, 3.63) is 60.3 Å². The third-order valence-electron chi connectivity index (χ3n) is 3.33. The Labute approximate surface area is 130 Å². The number of hydrogen-bond donors (Lipinski definition) is 2. The molecular formula is C16H14F3N3O. The highest BCUT2D eigenvalue weighted by atomic mass is 19.4. The van der Waals surface area contributed by atoms with Gasteiger partial charge in [0, 0.05) is 30.5 Å². The van der Waals surface area contributed by atoms with E-state index in [9.17, 15) is 13.2 Å². The Morgan fingerprint density at radius 2 is 2.13 bits per heavy atom. The molecule has 1 aliphatic rings. The third kappa shape index (κ3) is 3.74. The van der Waals surface area contributed by atoms with Crippen molar-refractivity contribution in [3.63, 3.8) is 0 Å². The fraction of sp³-hybridized carbons (Fsp3) is 0.188. The number of hydrogen-bond acceptors (Lipinski definition) is 4. The number of anilines is 1. The molecule has 0 radical (unpaired) electrons. The second kappa shape index (κ2) is 6.20. The average Bonchev–Trinajstić information content (AvgIpc) is 3.07. The molecule has 1 aromatic heterocycles. The van der Waals surface area contributed by atoms with Crippen LogP contribution in [-0.4, -0.2) is 18.1 Å². The molecule has 1 aromatic carbocycles. The second-order valence-electron chi connectivity index (χ2n) is 5.05. The maximum Gasteiger partial charge on any atom is 0.416 e. The lowest BCUT2D eigenvalue weighted by atomic mass is 10.1. The molecule has 3 rings (SSSR count). The molecule has 2 heterocycles. The van der Waals surface area contributed by atoms with Gasteiger partial charge in [0.2, 0.25) is 0 Å². The number of benzene rings is 1. The predicted molar refractivity (Wildman–Crippen MR) is 80.7 cm³/mol. The smallest absolute Gasteiger partial charge is 0.416 e. The van der Waals surface area contributed by atoms with Gasteiger partial charge in [0.25, 0.3) is 0 Å². The molecule has 0 amide bonds. The first-order valence-electron chi connectivity index (χ1n) is 6.96. The summed E-state index contributed by atoms with van der Waals surface area (Å²) in [6, 6.07) is 3.74. The van der Waals surface area contributed by atoms with E-state index in [1.807, 2.05) is 18.4 Å². The fourth-order valence-electron chi connectivity index (χ4n) is 2.22. The van der Waals surface area contributed by atoms with Crippen molar-refractivity contribution in [3.8, 4) is 11.3 Å². The van der Waals surface area contributed by atoms with Gasteiger partial charge in [0.05, 0.1) is 11.8 Å². The van der Waals surface area contributed by atoms with Crippen molar-refractivity contribution in [1.82, 2.24) is 10.3 Å². The number of alkyl halides is 3. The van der Waals surface area contributed by atoms with Crippen LogP contribution in [0.5, 0.6) is 0 Å². The van der Waals surface area contributed by atoms with Crippen molar-refractivity contribution in [2.75, 3.05) is 18.4 Å². The van der Waals surface area contributed by atoms with Crippen molar-refractivity contribution in [2.24, 2.45) is 0 Å². The molecule has 1 aliphatic heterocycles. The summed E-state index contributed by atoms with van der Waals surface area (Å²) in [6.45, 7) is 1.17. The molecule has 0 aliphatic carbocycles. The Morgan fingerprint density at radius 1 is 1.26 bits per heavy atom. The van der Waals surface area contributed by atoms with E-state index in [-0.39, 0.29) is 5.76 Å². The highest BCUT2D eigenvalue weighted by molar-refractivity contribution is 5.65. The number of rotatable bonds is 4. The van der Waals surface area contributed by atoms with Crippen LogP contribution in [0.2, 0.25) is 0 Å². The summed E-state index contributed by atoms with van der Waals surface area (Å²) in [5, 5.41) is 6.06. The second-order valence-corrected chi connectivity index (χ2v) is 5.05. The van der Waals surface area contributed by atoms with Crippen LogP contribution in [0.25, 0.3) is 11.3 Å². The van der Waals surface area contributed by atoms with Crippen molar-refractivity contribution >= 4 is 5.69 Å². The maximum absolute atomic E-state index is 13.1. The Balaban J connectivity index is 1.88. The molecule has 0 bridgehead atoms. The molecule has 2 N–H and O–H groups in total. The first-order valence-corrected chi connectivity index (χ1v) is 6.96. The fourth-order valence-corrected chi connectivity index (χ4v) is 2.22. The molecule has 0 saturated carbocycles. The molecule has 0 spiro atoms.